The smallest absolute Gasteiger partial charge is 0.253 e. The molecule has 0 heterocycles. The summed E-state index contributed by atoms with van der Waals surface area (Å²) >= 11 is 3.34. The normalized spacial score (nSPS) is 10.1. The molecule has 82 valence electrons. The quantitative estimate of drug-likeness (QED) is 0.846. The van der Waals surface area contributed by atoms with Crippen molar-refractivity contribution in [2.24, 2.45) is 0 Å². The van der Waals surface area contributed by atoms with Gasteiger partial charge in [-0.1, -0.05) is 34.1 Å². The second kappa shape index (κ2) is 5.88. The maximum Gasteiger partial charge on any atom is 0.253 e. The summed E-state index contributed by atoms with van der Waals surface area (Å²) in [5.41, 5.74) is 1.65. The lowest BCUT2D eigenvalue weighted by atomic mass is 10.1. The number of amides is 1. The summed E-state index contributed by atoms with van der Waals surface area (Å²) in [4.78, 5) is 13.4. The van der Waals surface area contributed by atoms with E-state index in [1.165, 1.54) is 4.90 Å². The second-order valence-corrected chi connectivity index (χ2v) is 3.80. The first-order valence-corrected chi connectivity index (χ1v) is 5.83. The molecule has 15 heavy (non-hydrogen) atoms. The molecule has 0 aliphatic carbocycles. The van der Waals surface area contributed by atoms with E-state index in [1.54, 1.807) is 13.1 Å². The maximum atomic E-state index is 11.9. The van der Waals surface area contributed by atoms with Crippen LogP contribution in [0, 0.1) is 0 Å². The van der Waals surface area contributed by atoms with E-state index in [0.29, 0.717) is 17.4 Å². The first-order chi connectivity index (χ1) is 7.20. The number of alkyl halides is 1. The van der Waals surface area contributed by atoms with Crippen molar-refractivity contribution in [3.05, 3.63) is 35.4 Å². The predicted octanol–water partition coefficient (Wildman–Crippen LogP) is 1.65. The Morgan fingerprint density at radius 3 is 2.73 bits per heavy atom. The van der Waals surface area contributed by atoms with Crippen molar-refractivity contribution in [2.45, 2.75) is 5.33 Å². The Hall–Kier alpha value is -0.870. The number of nitrogens with zero attached hydrogens (tertiary/aromatic N) is 1. The Bertz CT molecular complexity index is 341. The average Bonchev–Trinajstić information content (AvgIpc) is 2.28. The van der Waals surface area contributed by atoms with E-state index >= 15 is 0 Å². The van der Waals surface area contributed by atoms with Crippen LogP contribution >= 0.6 is 15.9 Å². The fraction of sp³-hybridized carbons (Fsp3) is 0.364. The van der Waals surface area contributed by atoms with Crippen LogP contribution in [-0.2, 0) is 5.33 Å². The molecule has 0 saturated heterocycles. The van der Waals surface area contributed by atoms with E-state index in [0.717, 1.165) is 5.56 Å². The fourth-order valence-corrected chi connectivity index (χ4v) is 1.79. The summed E-state index contributed by atoms with van der Waals surface area (Å²) in [6.07, 6.45) is 0. The number of benzene rings is 1. The van der Waals surface area contributed by atoms with Gasteiger partial charge in [-0.25, -0.2) is 0 Å². The van der Waals surface area contributed by atoms with Gasteiger partial charge in [0.25, 0.3) is 5.91 Å². The number of rotatable bonds is 4. The van der Waals surface area contributed by atoms with E-state index in [9.17, 15) is 4.79 Å². The topological polar surface area (TPSA) is 40.5 Å². The molecule has 0 bridgehead atoms. The van der Waals surface area contributed by atoms with Gasteiger partial charge in [0.15, 0.2) is 0 Å². The van der Waals surface area contributed by atoms with Gasteiger partial charge in [-0.05, 0) is 11.6 Å². The van der Waals surface area contributed by atoms with Crippen LogP contribution in [0.25, 0.3) is 0 Å². The summed E-state index contributed by atoms with van der Waals surface area (Å²) in [7, 11) is 1.68. The molecule has 0 aromatic heterocycles. The van der Waals surface area contributed by atoms with Gasteiger partial charge in [0.05, 0.1) is 6.61 Å². The molecule has 0 spiro atoms. The molecular weight excluding hydrogens is 258 g/mol. The van der Waals surface area contributed by atoms with Crippen molar-refractivity contribution in [2.75, 3.05) is 20.2 Å². The van der Waals surface area contributed by atoms with Gasteiger partial charge in [0, 0.05) is 24.5 Å². The summed E-state index contributed by atoms with van der Waals surface area (Å²) in [5, 5.41) is 9.41. The third-order valence-electron chi connectivity index (χ3n) is 2.17. The molecule has 0 unspecified atom stereocenters. The van der Waals surface area contributed by atoms with E-state index in [2.05, 4.69) is 15.9 Å². The van der Waals surface area contributed by atoms with Crippen LogP contribution in [0.2, 0.25) is 0 Å². The highest BCUT2D eigenvalue weighted by Crippen LogP contribution is 2.14. The molecule has 3 nitrogen and oxygen atoms in total. The number of carbonyl (C=O) groups is 1. The predicted molar refractivity (Wildman–Crippen MR) is 63.1 cm³/mol. The van der Waals surface area contributed by atoms with Crippen LogP contribution in [0.5, 0.6) is 0 Å². The van der Waals surface area contributed by atoms with Crippen molar-refractivity contribution in [1.29, 1.82) is 0 Å². The number of likely N-dealkylation sites (N-methyl/N-ethyl adjacent to an activating group) is 1. The van der Waals surface area contributed by atoms with Crippen LogP contribution in [0.3, 0.4) is 0 Å². The van der Waals surface area contributed by atoms with Crippen molar-refractivity contribution in [1.82, 2.24) is 4.90 Å². The average molecular weight is 272 g/mol. The summed E-state index contributed by atoms with van der Waals surface area (Å²) in [5.74, 6) is -0.0564. The van der Waals surface area contributed by atoms with E-state index in [4.69, 9.17) is 5.11 Å². The third kappa shape index (κ3) is 3.04. The van der Waals surface area contributed by atoms with Gasteiger partial charge in [-0.2, -0.15) is 0 Å². The van der Waals surface area contributed by atoms with Gasteiger partial charge in [-0.3, -0.25) is 4.79 Å². The maximum absolute atomic E-state index is 11.9. The Balaban J connectivity index is 2.90. The van der Waals surface area contributed by atoms with Gasteiger partial charge in [0.1, 0.15) is 0 Å². The molecule has 1 aromatic rings. The van der Waals surface area contributed by atoms with E-state index in [-0.39, 0.29) is 12.5 Å². The highest BCUT2D eigenvalue weighted by Gasteiger charge is 2.13. The molecule has 0 saturated carbocycles. The van der Waals surface area contributed by atoms with Crippen molar-refractivity contribution in [3.8, 4) is 0 Å². The van der Waals surface area contributed by atoms with Crippen molar-refractivity contribution < 1.29 is 9.90 Å². The highest BCUT2D eigenvalue weighted by atomic mass is 79.9. The van der Waals surface area contributed by atoms with Crippen molar-refractivity contribution >= 4 is 21.8 Å². The molecule has 0 fully saturated rings. The SMILES string of the molecule is CN(CCO)C(=O)c1ccccc1CBr. The Morgan fingerprint density at radius 2 is 2.13 bits per heavy atom. The van der Waals surface area contributed by atoms with Gasteiger partial charge < -0.3 is 10.0 Å². The molecular formula is C11H14BrNO2. The third-order valence-corrected chi connectivity index (χ3v) is 2.78. The van der Waals surface area contributed by atoms with Crippen LogP contribution in [0.4, 0.5) is 0 Å². The molecule has 0 aliphatic rings. The number of aliphatic hydroxyl groups excluding tert-OH is 1. The highest BCUT2D eigenvalue weighted by molar-refractivity contribution is 9.08. The standard InChI is InChI=1S/C11H14BrNO2/c1-13(6-7-14)11(15)10-5-3-2-4-9(10)8-12/h2-5,14H,6-8H2,1H3. The van der Waals surface area contributed by atoms with Crippen LogP contribution in [0.15, 0.2) is 24.3 Å². The van der Waals surface area contributed by atoms with E-state index in [1.807, 2.05) is 18.2 Å². The van der Waals surface area contributed by atoms with Gasteiger partial charge in [0.2, 0.25) is 0 Å². The first-order valence-electron chi connectivity index (χ1n) is 4.71. The van der Waals surface area contributed by atoms with Crippen LogP contribution in [-0.4, -0.2) is 36.1 Å². The number of hydrogen-bond donors (Lipinski definition) is 1. The Morgan fingerprint density at radius 1 is 1.47 bits per heavy atom. The zero-order chi connectivity index (χ0) is 11.3. The number of hydrogen-bond acceptors (Lipinski definition) is 2. The van der Waals surface area contributed by atoms with Gasteiger partial charge in [-0.15, -0.1) is 0 Å². The second-order valence-electron chi connectivity index (χ2n) is 3.24. The fourth-order valence-electron chi connectivity index (χ4n) is 1.30. The monoisotopic (exact) mass is 271 g/mol. The lowest BCUT2D eigenvalue weighted by molar-refractivity contribution is 0.0766. The van der Waals surface area contributed by atoms with E-state index < -0.39 is 0 Å². The minimum Gasteiger partial charge on any atom is -0.395 e. The largest absolute Gasteiger partial charge is 0.395 e. The summed E-state index contributed by atoms with van der Waals surface area (Å²) in [6, 6.07) is 7.45. The zero-order valence-electron chi connectivity index (χ0n) is 8.61. The van der Waals surface area contributed by atoms with Gasteiger partial charge >= 0.3 is 0 Å². The minimum absolute atomic E-state index is 0.0152. The molecule has 0 radical (unpaired) electrons. The molecule has 4 heteroatoms. The van der Waals surface area contributed by atoms with Crippen molar-refractivity contribution in [3.63, 3.8) is 0 Å². The zero-order valence-corrected chi connectivity index (χ0v) is 10.2. The minimum atomic E-state index is -0.0564. The number of halogens is 1. The molecule has 0 atom stereocenters. The summed E-state index contributed by atoms with van der Waals surface area (Å²) in [6.45, 7) is 0.341. The lowest BCUT2D eigenvalue weighted by Crippen LogP contribution is -2.30. The van der Waals surface area contributed by atoms with Crippen LogP contribution in [0.1, 0.15) is 15.9 Å². The molecule has 0 aliphatic heterocycles. The molecule has 1 aromatic carbocycles. The Labute approximate surface area is 97.8 Å². The Kier molecular flexibility index (Phi) is 4.78. The van der Waals surface area contributed by atoms with Crippen LogP contribution < -0.4 is 0 Å². The summed E-state index contributed by atoms with van der Waals surface area (Å²) < 4.78 is 0. The molecule has 1 amide bonds. The lowest BCUT2D eigenvalue weighted by Gasteiger charge is -2.17. The molecule has 1 rings (SSSR count). The first kappa shape index (κ1) is 12.2. The number of carbonyl (C=O) groups excluding carboxylic acids is 1. The molecule has 1 N–H and O–H groups in total. The number of aliphatic hydroxyl groups is 1.